The van der Waals surface area contributed by atoms with Crippen molar-refractivity contribution in [3.05, 3.63) is 11.8 Å². The van der Waals surface area contributed by atoms with Crippen LogP contribution >= 0.6 is 0 Å². The molecule has 2 aliphatic carbocycles. The fourth-order valence-electron chi connectivity index (χ4n) is 2.98. The SMILES string of the molecule is CNCc1nnc(C2C3CCCCC32)o1. The minimum atomic E-state index is 0.589. The average Bonchev–Trinajstić information content (AvgIpc) is 2.82. The van der Waals surface area contributed by atoms with Crippen molar-refractivity contribution in [1.82, 2.24) is 15.5 Å². The van der Waals surface area contributed by atoms with Crippen molar-refractivity contribution < 1.29 is 4.42 Å². The first-order valence-corrected chi connectivity index (χ1v) is 5.87. The molecule has 0 saturated heterocycles. The topological polar surface area (TPSA) is 51.0 Å². The van der Waals surface area contributed by atoms with E-state index in [1.165, 1.54) is 25.7 Å². The molecule has 1 aromatic heterocycles. The number of rotatable bonds is 3. The van der Waals surface area contributed by atoms with Gasteiger partial charge in [-0.3, -0.25) is 0 Å². The van der Waals surface area contributed by atoms with E-state index in [1.807, 2.05) is 7.05 Å². The van der Waals surface area contributed by atoms with Crippen LogP contribution in [-0.4, -0.2) is 17.2 Å². The van der Waals surface area contributed by atoms with Crippen molar-refractivity contribution in [3.63, 3.8) is 0 Å². The quantitative estimate of drug-likeness (QED) is 0.819. The third kappa shape index (κ3) is 1.57. The molecule has 1 aromatic rings. The van der Waals surface area contributed by atoms with Gasteiger partial charge in [0, 0.05) is 5.92 Å². The van der Waals surface area contributed by atoms with Gasteiger partial charge in [-0.15, -0.1) is 10.2 Å². The first-order valence-electron chi connectivity index (χ1n) is 5.87. The molecule has 2 unspecified atom stereocenters. The third-order valence-corrected chi connectivity index (χ3v) is 3.75. The van der Waals surface area contributed by atoms with E-state index in [1.54, 1.807) is 0 Å². The van der Waals surface area contributed by atoms with E-state index in [4.69, 9.17) is 4.42 Å². The average molecular weight is 207 g/mol. The summed E-state index contributed by atoms with van der Waals surface area (Å²) in [6.45, 7) is 0.676. The lowest BCUT2D eigenvalue weighted by Gasteiger charge is -2.04. The summed E-state index contributed by atoms with van der Waals surface area (Å²) in [6.07, 6.45) is 5.49. The molecule has 2 fully saturated rings. The van der Waals surface area contributed by atoms with Gasteiger partial charge in [0.15, 0.2) is 0 Å². The van der Waals surface area contributed by atoms with Crippen LogP contribution in [0.2, 0.25) is 0 Å². The minimum Gasteiger partial charge on any atom is -0.424 e. The van der Waals surface area contributed by atoms with Crippen LogP contribution in [0.15, 0.2) is 4.42 Å². The zero-order valence-corrected chi connectivity index (χ0v) is 9.07. The normalized spacial score (nSPS) is 33.8. The van der Waals surface area contributed by atoms with Crippen LogP contribution in [0.25, 0.3) is 0 Å². The molecule has 2 atom stereocenters. The molecular weight excluding hydrogens is 190 g/mol. The first kappa shape index (κ1) is 9.33. The zero-order chi connectivity index (χ0) is 10.3. The van der Waals surface area contributed by atoms with Crippen molar-refractivity contribution in [3.8, 4) is 0 Å². The molecule has 0 aliphatic heterocycles. The maximum absolute atomic E-state index is 5.66. The first-order chi connectivity index (χ1) is 7.40. The summed E-state index contributed by atoms with van der Waals surface area (Å²) in [6, 6.07) is 0. The molecule has 1 heterocycles. The van der Waals surface area contributed by atoms with Gasteiger partial charge in [0.05, 0.1) is 6.54 Å². The van der Waals surface area contributed by atoms with E-state index >= 15 is 0 Å². The van der Waals surface area contributed by atoms with Gasteiger partial charge in [-0.1, -0.05) is 12.8 Å². The van der Waals surface area contributed by atoms with E-state index in [-0.39, 0.29) is 0 Å². The lowest BCUT2D eigenvalue weighted by molar-refractivity contribution is 0.433. The molecule has 3 rings (SSSR count). The molecule has 2 saturated carbocycles. The fourth-order valence-corrected chi connectivity index (χ4v) is 2.98. The van der Waals surface area contributed by atoms with E-state index < -0.39 is 0 Å². The van der Waals surface area contributed by atoms with Crippen LogP contribution in [0.4, 0.5) is 0 Å². The van der Waals surface area contributed by atoms with Crippen LogP contribution in [0.5, 0.6) is 0 Å². The third-order valence-electron chi connectivity index (χ3n) is 3.75. The highest BCUT2D eigenvalue weighted by Crippen LogP contribution is 2.60. The van der Waals surface area contributed by atoms with Crippen molar-refractivity contribution in [2.24, 2.45) is 11.8 Å². The lowest BCUT2D eigenvalue weighted by atomic mass is 10.0. The molecular formula is C11H17N3O. The summed E-state index contributed by atoms with van der Waals surface area (Å²) < 4.78 is 5.66. The Morgan fingerprint density at radius 2 is 2.00 bits per heavy atom. The largest absolute Gasteiger partial charge is 0.424 e. The van der Waals surface area contributed by atoms with Gasteiger partial charge in [0.25, 0.3) is 0 Å². The molecule has 15 heavy (non-hydrogen) atoms. The van der Waals surface area contributed by atoms with Gasteiger partial charge in [-0.05, 0) is 31.7 Å². The van der Waals surface area contributed by atoms with Crippen LogP contribution in [0, 0.1) is 11.8 Å². The van der Waals surface area contributed by atoms with Crippen LogP contribution < -0.4 is 5.32 Å². The predicted octanol–water partition coefficient (Wildman–Crippen LogP) is 1.69. The Kier molecular flexibility index (Phi) is 2.24. The van der Waals surface area contributed by atoms with Gasteiger partial charge in [-0.25, -0.2) is 0 Å². The number of hydrogen-bond donors (Lipinski definition) is 1. The molecule has 4 heteroatoms. The maximum atomic E-state index is 5.66. The summed E-state index contributed by atoms with van der Waals surface area (Å²) in [5.74, 6) is 3.89. The molecule has 0 aromatic carbocycles. The van der Waals surface area contributed by atoms with E-state index in [0.717, 1.165) is 23.6 Å². The van der Waals surface area contributed by atoms with Crippen molar-refractivity contribution in [2.75, 3.05) is 7.05 Å². The summed E-state index contributed by atoms with van der Waals surface area (Å²) in [4.78, 5) is 0. The Bertz CT molecular complexity index is 337. The minimum absolute atomic E-state index is 0.589. The summed E-state index contributed by atoms with van der Waals surface area (Å²) in [5, 5.41) is 11.2. The van der Waals surface area contributed by atoms with E-state index in [2.05, 4.69) is 15.5 Å². The van der Waals surface area contributed by atoms with Gasteiger partial charge in [-0.2, -0.15) is 0 Å². The highest BCUT2D eigenvalue weighted by atomic mass is 16.4. The molecule has 0 bridgehead atoms. The Morgan fingerprint density at radius 1 is 1.27 bits per heavy atom. The summed E-state index contributed by atoms with van der Waals surface area (Å²) in [7, 11) is 1.89. The molecule has 1 N–H and O–H groups in total. The molecule has 82 valence electrons. The summed E-state index contributed by atoms with van der Waals surface area (Å²) in [5.41, 5.74) is 0. The second-order valence-electron chi connectivity index (χ2n) is 4.70. The molecule has 0 spiro atoms. The smallest absolute Gasteiger partial charge is 0.230 e. The number of fused-ring (bicyclic) bond motifs is 1. The molecule has 4 nitrogen and oxygen atoms in total. The van der Waals surface area contributed by atoms with E-state index in [0.29, 0.717) is 12.5 Å². The lowest BCUT2D eigenvalue weighted by Crippen LogP contribution is -2.04. The Morgan fingerprint density at radius 3 is 2.67 bits per heavy atom. The molecule has 0 radical (unpaired) electrons. The van der Waals surface area contributed by atoms with Crippen molar-refractivity contribution in [1.29, 1.82) is 0 Å². The van der Waals surface area contributed by atoms with Gasteiger partial charge < -0.3 is 9.73 Å². The van der Waals surface area contributed by atoms with E-state index in [9.17, 15) is 0 Å². The Balaban J connectivity index is 1.71. The zero-order valence-electron chi connectivity index (χ0n) is 9.07. The second kappa shape index (κ2) is 3.59. The fraction of sp³-hybridized carbons (Fsp3) is 0.818. The predicted molar refractivity (Wildman–Crippen MR) is 55.3 cm³/mol. The number of hydrogen-bond acceptors (Lipinski definition) is 4. The van der Waals surface area contributed by atoms with Crippen molar-refractivity contribution in [2.45, 2.75) is 38.1 Å². The Labute approximate surface area is 89.5 Å². The second-order valence-corrected chi connectivity index (χ2v) is 4.70. The van der Waals surface area contributed by atoms with Crippen LogP contribution in [0.1, 0.15) is 43.4 Å². The highest BCUT2D eigenvalue weighted by molar-refractivity contribution is 5.14. The van der Waals surface area contributed by atoms with Gasteiger partial charge in [0.1, 0.15) is 0 Å². The van der Waals surface area contributed by atoms with Gasteiger partial charge >= 0.3 is 0 Å². The summed E-state index contributed by atoms with van der Waals surface area (Å²) >= 11 is 0. The molecule has 0 amide bonds. The standard InChI is InChI=1S/C11H17N3O/c1-12-6-9-13-14-11(15-9)10-7-4-2-3-5-8(7)10/h7-8,10,12H,2-6H2,1H3. The number of nitrogens with zero attached hydrogens (tertiary/aromatic N) is 2. The molecule has 2 aliphatic rings. The number of nitrogens with one attached hydrogen (secondary N) is 1. The van der Waals surface area contributed by atoms with Gasteiger partial charge in [0.2, 0.25) is 11.8 Å². The highest BCUT2D eigenvalue weighted by Gasteiger charge is 2.54. The Hall–Kier alpha value is -0.900. The number of aromatic nitrogens is 2. The van der Waals surface area contributed by atoms with Crippen LogP contribution in [0.3, 0.4) is 0 Å². The maximum Gasteiger partial charge on any atom is 0.230 e. The van der Waals surface area contributed by atoms with Crippen molar-refractivity contribution >= 4 is 0 Å². The van der Waals surface area contributed by atoms with Crippen LogP contribution in [-0.2, 0) is 6.54 Å². The monoisotopic (exact) mass is 207 g/mol.